The maximum atomic E-state index is 12.5. The van der Waals surface area contributed by atoms with E-state index < -0.39 is 0 Å². The van der Waals surface area contributed by atoms with Crippen molar-refractivity contribution in [3.8, 4) is 5.75 Å². The van der Waals surface area contributed by atoms with Crippen molar-refractivity contribution in [2.45, 2.75) is 31.5 Å². The molecule has 3 aliphatic heterocycles. The highest BCUT2D eigenvalue weighted by atomic mass is 16.5. The standard InChI is InChI=1S/C20H29N3O3/c1-16(2)21-10-17-11-25-9-8-23(17)20(13-21)14-22(15-20)19(24)12-26-18-6-4-3-5-7-18/h3-7,16-17H,8-15H2,1-2H3/t17-/m1/s1. The van der Waals surface area contributed by atoms with Crippen LogP contribution in [0.2, 0.25) is 0 Å². The smallest absolute Gasteiger partial charge is 0.260 e. The normalized spacial score (nSPS) is 25.8. The molecule has 0 saturated carbocycles. The number of likely N-dealkylation sites (tertiary alicyclic amines) is 1. The van der Waals surface area contributed by atoms with Crippen LogP contribution in [0.1, 0.15) is 13.8 Å². The summed E-state index contributed by atoms with van der Waals surface area (Å²) in [4.78, 5) is 19.6. The molecule has 6 nitrogen and oxygen atoms in total. The number of fused-ring (bicyclic) bond motifs is 2. The maximum absolute atomic E-state index is 12.5. The summed E-state index contributed by atoms with van der Waals surface area (Å²) < 4.78 is 11.4. The molecule has 26 heavy (non-hydrogen) atoms. The second-order valence-electron chi connectivity index (χ2n) is 8.02. The molecule has 0 bridgehead atoms. The van der Waals surface area contributed by atoms with Crippen molar-refractivity contribution >= 4 is 5.91 Å². The Morgan fingerprint density at radius 1 is 1.27 bits per heavy atom. The number of rotatable bonds is 4. The van der Waals surface area contributed by atoms with Crippen LogP contribution in [0.25, 0.3) is 0 Å². The number of amides is 1. The summed E-state index contributed by atoms with van der Waals surface area (Å²) in [7, 11) is 0. The first-order chi connectivity index (χ1) is 12.6. The average Bonchev–Trinajstić information content (AvgIpc) is 2.64. The van der Waals surface area contributed by atoms with E-state index in [4.69, 9.17) is 9.47 Å². The predicted molar refractivity (Wildman–Crippen MR) is 99.3 cm³/mol. The molecule has 3 fully saturated rings. The fraction of sp³-hybridized carbons (Fsp3) is 0.650. The zero-order valence-corrected chi connectivity index (χ0v) is 15.8. The van der Waals surface area contributed by atoms with E-state index in [2.05, 4.69) is 23.6 Å². The third kappa shape index (κ3) is 3.33. The summed E-state index contributed by atoms with van der Waals surface area (Å²) >= 11 is 0. The van der Waals surface area contributed by atoms with E-state index in [1.54, 1.807) is 0 Å². The first-order valence-corrected chi connectivity index (χ1v) is 9.62. The van der Waals surface area contributed by atoms with Gasteiger partial charge in [-0.3, -0.25) is 14.6 Å². The van der Waals surface area contributed by atoms with Crippen LogP contribution in [0, 0.1) is 0 Å². The van der Waals surface area contributed by atoms with Gasteiger partial charge < -0.3 is 14.4 Å². The molecule has 0 unspecified atom stereocenters. The van der Waals surface area contributed by atoms with Crippen molar-refractivity contribution in [2.75, 3.05) is 52.5 Å². The van der Waals surface area contributed by atoms with Crippen LogP contribution in [-0.4, -0.2) is 90.8 Å². The Hall–Kier alpha value is -1.63. The molecule has 1 spiro atoms. The molecular weight excluding hydrogens is 330 g/mol. The molecule has 3 aliphatic rings. The lowest BCUT2D eigenvalue weighted by atomic mass is 9.82. The van der Waals surface area contributed by atoms with Crippen molar-refractivity contribution in [1.29, 1.82) is 0 Å². The maximum Gasteiger partial charge on any atom is 0.260 e. The minimum absolute atomic E-state index is 0.0750. The Bertz CT molecular complexity index is 630. The summed E-state index contributed by atoms with van der Waals surface area (Å²) in [5.74, 6) is 0.818. The highest BCUT2D eigenvalue weighted by Crippen LogP contribution is 2.36. The Labute approximate surface area is 155 Å². The van der Waals surface area contributed by atoms with E-state index in [-0.39, 0.29) is 18.1 Å². The number of hydrogen-bond donors (Lipinski definition) is 0. The Balaban J connectivity index is 1.38. The van der Waals surface area contributed by atoms with Crippen molar-refractivity contribution in [1.82, 2.24) is 14.7 Å². The van der Waals surface area contributed by atoms with Gasteiger partial charge in [-0.1, -0.05) is 18.2 Å². The molecule has 0 N–H and O–H groups in total. The average molecular weight is 359 g/mol. The van der Waals surface area contributed by atoms with Gasteiger partial charge in [0.05, 0.1) is 18.8 Å². The van der Waals surface area contributed by atoms with Gasteiger partial charge in [0, 0.05) is 44.8 Å². The van der Waals surface area contributed by atoms with Gasteiger partial charge in [0.25, 0.3) is 5.91 Å². The van der Waals surface area contributed by atoms with E-state index in [0.29, 0.717) is 12.1 Å². The molecule has 0 aliphatic carbocycles. The Morgan fingerprint density at radius 3 is 2.77 bits per heavy atom. The quantitative estimate of drug-likeness (QED) is 0.805. The summed E-state index contributed by atoms with van der Waals surface area (Å²) in [5, 5.41) is 0. The number of hydrogen-bond acceptors (Lipinski definition) is 5. The SMILES string of the molecule is CC(C)N1C[C@@H]2COCCN2C2(CN(C(=O)COc3ccccc3)C2)C1. The monoisotopic (exact) mass is 359 g/mol. The first kappa shape index (κ1) is 17.8. The van der Waals surface area contributed by atoms with Gasteiger partial charge in [-0.2, -0.15) is 0 Å². The van der Waals surface area contributed by atoms with Crippen LogP contribution in [0.3, 0.4) is 0 Å². The van der Waals surface area contributed by atoms with Crippen molar-refractivity contribution in [3.05, 3.63) is 30.3 Å². The molecule has 1 amide bonds. The second-order valence-corrected chi connectivity index (χ2v) is 8.02. The molecule has 0 aromatic heterocycles. The van der Waals surface area contributed by atoms with Gasteiger partial charge in [0.15, 0.2) is 6.61 Å². The third-order valence-corrected chi connectivity index (χ3v) is 5.94. The van der Waals surface area contributed by atoms with Gasteiger partial charge in [-0.15, -0.1) is 0 Å². The minimum Gasteiger partial charge on any atom is -0.484 e. The molecule has 1 aromatic rings. The number of benzene rings is 1. The molecule has 1 atom stereocenters. The lowest BCUT2D eigenvalue weighted by Crippen LogP contribution is -2.81. The first-order valence-electron chi connectivity index (χ1n) is 9.62. The minimum atomic E-state index is 0.0750. The molecule has 1 aromatic carbocycles. The van der Waals surface area contributed by atoms with E-state index in [1.807, 2.05) is 35.2 Å². The molecule has 3 heterocycles. The van der Waals surface area contributed by atoms with Crippen LogP contribution >= 0.6 is 0 Å². The van der Waals surface area contributed by atoms with E-state index in [9.17, 15) is 4.79 Å². The lowest BCUT2D eigenvalue weighted by Gasteiger charge is -2.63. The van der Waals surface area contributed by atoms with Crippen LogP contribution in [-0.2, 0) is 9.53 Å². The summed E-state index contributed by atoms with van der Waals surface area (Å²) in [5.41, 5.74) is 0.0827. The molecule has 3 saturated heterocycles. The van der Waals surface area contributed by atoms with Crippen molar-refractivity contribution in [3.63, 3.8) is 0 Å². The van der Waals surface area contributed by atoms with Gasteiger partial charge in [-0.05, 0) is 26.0 Å². The van der Waals surface area contributed by atoms with E-state index >= 15 is 0 Å². The Kier molecular flexibility index (Phi) is 4.90. The lowest BCUT2D eigenvalue weighted by molar-refractivity contribution is -0.180. The fourth-order valence-electron chi connectivity index (χ4n) is 4.50. The number of para-hydroxylation sites is 1. The molecule has 142 valence electrons. The van der Waals surface area contributed by atoms with Crippen LogP contribution in [0.5, 0.6) is 5.75 Å². The second kappa shape index (κ2) is 7.18. The highest BCUT2D eigenvalue weighted by molar-refractivity contribution is 5.79. The van der Waals surface area contributed by atoms with Gasteiger partial charge >= 0.3 is 0 Å². The summed E-state index contributed by atoms with van der Waals surface area (Å²) in [6.45, 7) is 10.9. The van der Waals surface area contributed by atoms with Crippen LogP contribution in [0.4, 0.5) is 0 Å². The predicted octanol–water partition coefficient (Wildman–Crippen LogP) is 1.07. The fourth-order valence-corrected chi connectivity index (χ4v) is 4.50. The van der Waals surface area contributed by atoms with Gasteiger partial charge in [0.2, 0.25) is 0 Å². The van der Waals surface area contributed by atoms with Crippen LogP contribution < -0.4 is 4.74 Å². The zero-order valence-electron chi connectivity index (χ0n) is 15.8. The van der Waals surface area contributed by atoms with Gasteiger partial charge in [-0.25, -0.2) is 0 Å². The number of carbonyl (C=O) groups is 1. The molecular formula is C20H29N3O3. The molecule has 6 heteroatoms. The number of nitrogens with zero attached hydrogens (tertiary/aromatic N) is 3. The molecule has 4 rings (SSSR count). The number of piperazine rings is 1. The number of ether oxygens (including phenoxy) is 2. The van der Waals surface area contributed by atoms with Crippen molar-refractivity contribution < 1.29 is 14.3 Å². The molecule has 0 radical (unpaired) electrons. The van der Waals surface area contributed by atoms with Gasteiger partial charge in [0.1, 0.15) is 5.75 Å². The third-order valence-electron chi connectivity index (χ3n) is 5.94. The number of morpholine rings is 1. The van der Waals surface area contributed by atoms with Crippen LogP contribution in [0.15, 0.2) is 30.3 Å². The van der Waals surface area contributed by atoms with E-state index in [0.717, 1.165) is 51.7 Å². The summed E-state index contributed by atoms with van der Waals surface area (Å²) in [6.07, 6.45) is 0. The van der Waals surface area contributed by atoms with Crippen molar-refractivity contribution in [2.24, 2.45) is 0 Å². The topological polar surface area (TPSA) is 45.2 Å². The zero-order chi connectivity index (χ0) is 18.1. The van der Waals surface area contributed by atoms with E-state index in [1.165, 1.54) is 0 Å². The Morgan fingerprint density at radius 2 is 2.04 bits per heavy atom. The highest BCUT2D eigenvalue weighted by Gasteiger charge is 2.55. The largest absolute Gasteiger partial charge is 0.484 e. The number of carbonyl (C=O) groups excluding carboxylic acids is 1. The summed E-state index contributed by atoms with van der Waals surface area (Å²) in [6, 6.07) is 10.5.